The van der Waals surface area contributed by atoms with Crippen LogP contribution in [0.25, 0.3) is 0 Å². The van der Waals surface area contributed by atoms with Crippen LogP contribution in [0.15, 0.2) is 18.2 Å². The lowest BCUT2D eigenvalue weighted by molar-refractivity contribution is 0.105. The van der Waals surface area contributed by atoms with Gasteiger partial charge in [0.25, 0.3) is 0 Å². The topological polar surface area (TPSA) is 41.5 Å². The van der Waals surface area contributed by atoms with Crippen molar-refractivity contribution < 1.29 is 9.84 Å². The normalized spacial score (nSPS) is 21.1. The Balaban J connectivity index is 1.39. The molecule has 0 amide bonds. The van der Waals surface area contributed by atoms with Gasteiger partial charge < -0.3 is 15.2 Å². The molecule has 2 aliphatic rings. The molecule has 116 valence electrons. The first-order valence-electron chi connectivity index (χ1n) is 7.56. The smallest absolute Gasteiger partial charge is 0.156 e. The van der Waals surface area contributed by atoms with E-state index in [1.54, 1.807) is 18.2 Å². The van der Waals surface area contributed by atoms with Crippen molar-refractivity contribution >= 4 is 23.2 Å². The van der Waals surface area contributed by atoms with Crippen molar-refractivity contribution in [3.63, 3.8) is 0 Å². The minimum absolute atomic E-state index is 0.187. The van der Waals surface area contributed by atoms with E-state index in [4.69, 9.17) is 27.9 Å². The molecule has 0 heterocycles. The molecule has 0 aromatic heterocycles. The Morgan fingerprint density at radius 2 is 1.95 bits per heavy atom. The third-order valence-corrected chi connectivity index (χ3v) is 5.13. The molecule has 0 saturated heterocycles. The molecule has 1 unspecified atom stereocenters. The molecule has 3 nitrogen and oxygen atoms in total. The van der Waals surface area contributed by atoms with E-state index in [1.807, 2.05) is 0 Å². The molecule has 2 N–H and O–H groups in total. The van der Waals surface area contributed by atoms with Crippen LogP contribution in [0, 0.1) is 11.3 Å². The molecule has 0 aliphatic heterocycles. The number of aliphatic hydroxyl groups is 1. The summed E-state index contributed by atoms with van der Waals surface area (Å²) in [5, 5.41) is 14.3. The lowest BCUT2D eigenvalue weighted by Crippen LogP contribution is -2.35. The Morgan fingerprint density at radius 3 is 2.52 bits per heavy atom. The van der Waals surface area contributed by atoms with Gasteiger partial charge in [-0.25, -0.2) is 0 Å². The molecule has 0 bridgehead atoms. The molecule has 2 fully saturated rings. The van der Waals surface area contributed by atoms with Crippen LogP contribution in [0.4, 0.5) is 0 Å². The SMILES string of the molecule is OC(CNCC1(C2CC2)CC1)COc1c(Cl)cccc1Cl. The maximum atomic E-state index is 9.99. The van der Waals surface area contributed by atoms with Gasteiger partial charge >= 0.3 is 0 Å². The average molecular weight is 330 g/mol. The van der Waals surface area contributed by atoms with Gasteiger partial charge in [-0.15, -0.1) is 0 Å². The standard InChI is InChI=1S/C16H21Cl2NO2/c17-13-2-1-3-14(18)15(13)21-9-12(20)8-19-10-16(6-7-16)11-4-5-11/h1-3,11-12,19-20H,4-10H2. The van der Waals surface area contributed by atoms with E-state index in [-0.39, 0.29) is 6.61 Å². The summed E-state index contributed by atoms with van der Waals surface area (Å²) in [5.41, 5.74) is 0.548. The lowest BCUT2D eigenvalue weighted by Gasteiger charge is -2.18. The third kappa shape index (κ3) is 3.84. The summed E-state index contributed by atoms with van der Waals surface area (Å²) in [7, 11) is 0. The van der Waals surface area contributed by atoms with Crippen molar-refractivity contribution in [3.8, 4) is 5.75 Å². The number of nitrogens with one attached hydrogen (secondary N) is 1. The van der Waals surface area contributed by atoms with Gasteiger partial charge in [-0.3, -0.25) is 0 Å². The van der Waals surface area contributed by atoms with Crippen LogP contribution < -0.4 is 10.1 Å². The summed E-state index contributed by atoms with van der Waals surface area (Å²) < 4.78 is 5.53. The molecule has 21 heavy (non-hydrogen) atoms. The zero-order valence-corrected chi connectivity index (χ0v) is 13.5. The van der Waals surface area contributed by atoms with Crippen LogP contribution in [0.3, 0.4) is 0 Å². The second-order valence-electron chi connectivity index (χ2n) is 6.28. The zero-order chi connectivity index (χ0) is 14.9. The summed E-state index contributed by atoms with van der Waals surface area (Å²) >= 11 is 12.0. The minimum atomic E-state index is -0.563. The number of hydrogen-bond donors (Lipinski definition) is 2. The Morgan fingerprint density at radius 1 is 1.29 bits per heavy atom. The van der Waals surface area contributed by atoms with Crippen molar-refractivity contribution in [1.29, 1.82) is 0 Å². The summed E-state index contributed by atoms with van der Waals surface area (Å²) in [6.07, 6.45) is 4.89. The first kappa shape index (κ1) is 15.4. The van der Waals surface area contributed by atoms with Crippen LogP contribution in [-0.2, 0) is 0 Å². The molecule has 1 aromatic rings. The van der Waals surface area contributed by atoms with Gasteiger partial charge in [0.15, 0.2) is 5.75 Å². The fourth-order valence-electron chi connectivity index (χ4n) is 2.93. The molecule has 0 radical (unpaired) electrons. The van der Waals surface area contributed by atoms with E-state index < -0.39 is 6.10 Å². The Bertz CT molecular complexity index is 481. The van der Waals surface area contributed by atoms with Gasteiger partial charge in [0.05, 0.1) is 10.0 Å². The molecular weight excluding hydrogens is 309 g/mol. The molecule has 2 saturated carbocycles. The first-order valence-corrected chi connectivity index (χ1v) is 8.32. The number of ether oxygens (including phenoxy) is 1. The second kappa shape index (κ2) is 6.33. The average Bonchev–Trinajstić information content (AvgIpc) is 3.31. The van der Waals surface area contributed by atoms with Crippen molar-refractivity contribution in [2.45, 2.75) is 31.8 Å². The summed E-state index contributed by atoms with van der Waals surface area (Å²) in [6.45, 7) is 1.74. The highest BCUT2D eigenvalue weighted by atomic mass is 35.5. The van der Waals surface area contributed by atoms with Gasteiger partial charge in [-0.1, -0.05) is 29.3 Å². The van der Waals surface area contributed by atoms with Crippen molar-refractivity contribution in [2.75, 3.05) is 19.7 Å². The Labute approximate surface area is 135 Å². The maximum absolute atomic E-state index is 9.99. The van der Waals surface area contributed by atoms with Crippen molar-refractivity contribution in [1.82, 2.24) is 5.32 Å². The highest BCUT2D eigenvalue weighted by molar-refractivity contribution is 6.37. The van der Waals surface area contributed by atoms with Gasteiger partial charge in [0.2, 0.25) is 0 Å². The molecule has 1 aromatic carbocycles. The van der Waals surface area contributed by atoms with E-state index in [0.29, 0.717) is 27.8 Å². The largest absolute Gasteiger partial charge is 0.488 e. The van der Waals surface area contributed by atoms with E-state index in [0.717, 1.165) is 12.5 Å². The van der Waals surface area contributed by atoms with Gasteiger partial charge in [-0.2, -0.15) is 0 Å². The highest BCUT2D eigenvalue weighted by Gasteiger charge is 2.53. The predicted octanol–water partition coefficient (Wildman–Crippen LogP) is 3.51. The van der Waals surface area contributed by atoms with Crippen LogP contribution in [0.1, 0.15) is 25.7 Å². The van der Waals surface area contributed by atoms with E-state index >= 15 is 0 Å². The van der Waals surface area contributed by atoms with Crippen molar-refractivity contribution in [3.05, 3.63) is 28.2 Å². The Hall–Kier alpha value is -0.480. The predicted molar refractivity (Wildman–Crippen MR) is 85.2 cm³/mol. The second-order valence-corrected chi connectivity index (χ2v) is 7.10. The number of rotatable bonds is 8. The number of halogens is 2. The van der Waals surface area contributed by atoms with Crippen LogP contribution in [0.2, 0.25) is 10.0 Å². The summed E-state index contributed by atoms with van der Waals surface area (Å²) in [6, 6.07) is 5.21. The quantitative estimate of drug-likeness (QED) is 0.766. The zero-order valence-electron chi connectivity index (χ0n) is 11.9. The van der Waals surface area contributed by atoms with Gasteiger partial charge in [-0.05, 0) is 49.1 Å². The van der Waals surface area contributed by atoms with Gasteiger partial charge in [0.1, 0.15) is 12.7 Å². The van der Waals surface area contributed by atoms with Crippen molar-refractivity contribution in [2.24, 2.45) is 11.3 Å². The summed E-state index contributed by atoms with van der Waals surface area (Å²) in [4.78, 5) is 0. The first-order chi connectivity index (χ1) is 10.1. The number of aliphatic hydroxyl groups excluding tert-OH is 1. The minimum Gasteiger partial charge on any atom is -0.488 e. The van der Waals surface area contributed by atoms with Crippen LogP contribution in [0.5, 0.6) is 5.75 Å². The van der Waals surface area contributed by atoms with E-state index in [1.165, 1.54) is 25.7 Å². The maximum Gasteiger partial charge on any atom is 0.156 e. The fraction of sp³-hybridized carbons (Fsp3) is 0.625. The molecular formula is C16H21Cl2NO2. The van der Waals surface area contributed by atoms with E-state index in [2.05, 4.69) is 5.32 Å². The molecule has 5 heteroatoms. The molecule has 3 rings (SSSR count). The lowest BCUT2D eigenvalue weighted by atomic mass is 10.0. The number of benzene rings is 1. The molecule has 1 atom stereocenters. The third-order valence-electron chi connectivity index (χ3n) is 4.53. The van der Waals surface area contributed by atoms with E-state index in [9.17, 15) is 5.11 Å². The Kier molecular flexibility index (Phi) is 4.65. The highest BCUT2D eigenvalue weighted by Crippen LogP contribution is 2.60. The molecule has 0 spiro atoms. The van der Waals surface area contributed by atoms with Gasteiger partial charge in [0, 0.05) is 13.1 Å². The van der Waals surface area contributed by atoms with Crippen LogP contribution in [-0.4, -0.2) is 30.9 Å². The number of para-hydroxylation sites is 1. The monoisotopic (exact) mass is 329 g/mol. The summed E-state index contributed by atoms with van der Waals surface area (Å²) in [5.74, 6) is 1.37. The van der Waals surface area contributed by atoms with Crippen LogP contribution >= 0.6 is 23.2 Å². The fourth-order valence-corrected chi connectivity index (χ4v) is 3.44. The molecule has 2 aliphatic carbocycles. The number of hydrogen-bond acceptors (Lipinski definition) is 3.